The van der Waals surface area contributed by atoms with Crippen molar-refractivity contribution in [1.29, 1.82) is 0 Å². The van der Waals surface area contributed by atoms with Gasteiger partial charge in [0.15, 0.2) is 0 Å². The zero-order valence-corrected chi connectivity index (χ0v) is 85.6. The van der Waals surface area contributed by atoms with Crippen LogP contribution in [-0.4, -0.2) is 224 Å². The summed E-state index contributed by atoms with van der Waals surface area (Å²) in [6.07, 6.45) is -0.472. The summed E-state index contributed by atoms with van der Waals surface area (Å²) in [5.74, 6) is 1.24. The first-order valence-electron chi connectivity index (χ1n) is 47.3. The van der Waals surface area contributed by atoms with Gasteiger partial charge in [-0.3, -0.25) is 33.6 Å². The lowest BCUT2D eigenvalue weighted by atomic mass is 9.93. The lowest BCUT2D eigenvalue weighted by Gasteiger charge is -2.37. The molecule has 0 bridgehead atoms. The van der Waals surface area contributed by atoms with Crippen LogP contribution in [0.4, 0.5) is 0 Å². The van der Waals surface area contributed by atoms with Gasteiger partial charge in [-0.1, -0.05) is 337 Å². The van der Waals surface area contributed by atoms with Crippen molar-refractivity contribution >= 4 is 64.6 Å². The molecule has 7 aliphatic heterocycles. The number of morpholine rings is 7. The molecule has 7 amide bonds. The molecule has 7 saturated heterocycles. The third-order valence-electron chi connectivity index (χ3n) is 23.6. The summed E-state index contributed by atoms with van der Waals surface area (Å²) in [5.41, 5.74) is 9.20. The molecule has 0 radical (unpaired) electrons. The Kier molecular flexibility index (Phi) is 41.1. The van der Waals surface area contributed by atoms with E-state index in [-0.39, 0.29) is 135 Å². The van der Waals surface area contributed by atoms with Gasteiger partial charge >= 0.3 is 0 Å². The Hall–Kier alpha value is -8.95. The Labute approximate surface area is 809 Å². The van der Waals surface area contributed by atoms with E-state index < -0.39 is 0 Å². The Morgan fingerprint density at radius 2 is 0.522 bits per heavy atom. The van der Waals surface area contributed by atoms with Gasteiger partial charge in [0, 0.05) is 99.3 Å². The van der Waals surface area contributed by atoms with Crippen molar-refractivity contribution in [1.82, 2.24) is 34.3 Å². The van der Waals surface area contributed by atoms with Crippen molar-refractivity contribution < 1.29 is 76.9 Å². The van der Waals surface area contributed by atoms with Gasteiger partial charge in [0.2, 0.25) is 41.4 Å². The van der Waals surface area contributed by atoms with Crippen molar-refractivity contribution in [2.45, 2.75) is 215 Å². The van der Waals surface area contributed by atoms with Gasteiger partial charge in [0.1, 0.15) is 42.7 Å². The molecule has 7 aromatic carbocycles. The number of benzene rings is 7. The van der Waals surface area contributed by atoms with Crippen LogP contribution in [0.1, 0.15) is 249 Å². The molecule has 0 aromatic heterocycles. The van der Waals surface area contributed by atoms with E-state index in [1.54, 1.807) is 0 Å². The number of hydrogen-bond acceptors (Lipinski definition) is 16. The van der Waals surface area contributed by atoms with Gasteiger partial charge in [-0.15, -0.1) is 0 Å². The van der Waals surface area contributed by atoms with Crippen LogP contribution < -0.4 is 0 Å². The standard InChI is InChI=1S/2C16H23NO3.2C16H23NO2.2C15H20ClNO2.C15H21NO2/c1-16(2,3)15(19)17-7-8-20-14(10-17)13-6-4-5-12(9-13)11-18;1-16(2,3)15(19)17-8-9-20-14(10-17)13-7-5-4-6-12(13)11-18;2*1-12-5-7-13(8-6-12)14-11-17(9-10-19-14)15(18)16(2,3)4;1-15(2,3)14(18)17-7-8-19-13(10-17)11-5-4-6-12(16)9-11;1-15(2,3)14(18)17-8-9-19-13(10-17)11-6-4-5-7-12(11)16;1-15(2,3)14(17)16-9-10-18-13(11-16)12-7-5-4-6-8-12/h4-6,9,14,18H,7-8,10-11H2,1-3H3;4-7,14,18H,8-11H2,1-3H3;2*5-8,14H,9-11H2,1-4H3;4-6,9,13H,7-8,10H2,1-3H3;4-7,13H,8-10H2,1-3H3;4-8,13H,9-11H2,1-3H3. The van der Waals surface area contributed by atoms with E-state index in [1.807, 2.05) is 295 Å². The van der Waals surface area contributed by atoms with Crippen LogP contribution >= 0.6 is 23.2 Å². The number of amides is 7. The molecule has 7 atom stereocenters. The predicted octanol–water partition coefficient (Wildman–Crippen LogP) is 19.3. The van der Waals surface area contributed by atoms with E-state index in [9.17, 15) is 43.8 Å². The molecule has 14 rings (SSSR count). The number of carbonyl (C=O) groups excluding carboxylic acids is 7. The molecule has 7 fully saturated rings. The summed E-state index contributed by atoms with van der Waals surface area (Å²) in [6.45, 7) is 58.0. The molecule has 2 N–H and O–H groups in total. The summed E-state index contributed by atoms with van der Waals surface area (Å²) in [4.78, 5) is 99.5. The smallest absolute Gasteiger partial charge is 0.228 e. The Balaban J connectivity index is 0.000000192. The SMILES string of the molecule is CC(C)(C)C(=O)N1CCOC(c2cccc(CO)c2)C1.CC(C)(C)C(=O)N1CCOC(c2cccc(Cl)c2)C1.CC(C)(C)C(=O)N1CCOC(c2ccccc2)C1.CC(C)(C)C(=O)N1CCOC(c2ccccc2CO)C1.CC(C)(C)C(=O)N1CCOC(c2ccccc2Cl)C1.Cc1ccc(C2CN(C(=O)C(C)(C)C)CCO2)cc1.Cc1ccc(C2CN(C(=O)C(C)(C)C)CCO2)cc1. The molecule has 7 aliphatic rings. The van der Waals surface area contributed by atoms with Crippen molar-refractivity contribution in [3.63, 3.8) is 0 Å². The van der Waals surface area contributed by atoms with Crippen LogP contribution in [0, 0.1) is 51.8 Å². The summed E-state index contributed by atoms with van der Waals surface area (Å²) in [7, 11) is 0. The van der Waals surface area contributed by atoms with E-state index in [0.29, 0.717) is 148 Å². The highest BCUT2D eigenvalue weighted by atomic mass is 35.5. The molecule has 23 nitrogen and oxygen atoms in total. The topological polar surface area (TPSA) is 247 Å². The fraction of sp³-hybridized carbons (Fsp3) is 0.550. The van der Waals surface area contributed by atoms with Gasteiger partial charge in [0.05, 0.1) is 105 Å². The minimum atomic E-state index is -0.377. The number of carbonyl (C=O) groups is 7. The number of ether oxygens (including phenoxy) is 7. The normalized spacial score (nSPS) is 20.4. The Bertz CT molecular complexity index is 4820. The van der Waals surface area contributed by atoms with Crippen molar-refractivity contribution in [2.75, 3.05) is 138 Å². The Morgan fingerprint density at radius 3 is 0.821 bits per heavy atom. The van der Waals surface area contributed by atoms with Gasteiger partial charge < -0.3 is 77.7 Å². The van der Waals surface area contributed by atoms with Gasteiger partial charge in [-0.05, 0) is 76.6 Å². The molecular formula is C109H153Cl2N7O16. The van der Waals surface area contributed by atoms with Gasteiger partial charge in [-0.25, -0.2) is 0 Å². The number of aliphatic hydroxyl groups excluding tert-OH is 2. The quantitative estimate of drug-likeness (QED) is 0.136. The molecule has 7 aromatic rings. The third-order valence-corrected chi connectivity index (χ3v) is 24.2. The van der Waals surface area contributed by atoms with Crippen LogP contribution in [0.3, 0.4) is 0 Å². The summed E-state index contributed by atoms with van der Waals surface area (Å²) in [5, 5.41) is 20.0. The maximum atomic E-state index is 12.4. The van der Waals surface area contributed by atoms with Crippen LogP contribution in [0.15, 0.2) is 176 Å². The molecule has 0 spiro atoms. The number of aliphatic hydroxyl groups is 2. The molecule has 134 heavy (non-hydrogen) atoms. The second kappa shape index (κ2) is 49.9. The first kappa shape index (κ1) is 110. The fourth-order valence-electron chi connectivity index (χ4n) is 16.1. The van der Waals surface area contributed by atoms with Gasteiger partial charge in [0.25, 0.3) is 0 Å². The average Bonchev–Trinajstić information content (AvgIpc) is 0.830. The predicted molar refractivity (Wildman–Crippen MR) is 530 cm³/mol. The monoisotopic (exact) mass is 1890 g/mol. The largest absolute Gasteiger partial charge is 0.392 e. The van der Waals surface area contributed by atoms with Crippen LogP contribution in [0.2, 0.25) is 10.0 Å². The third kappa shape index (κ3) is 33.7. The van der Waals surface area contributed by atoms with E-state index in [1.165, 1.54) is 11.1 Å². The second-order valence-electron chi connectivity index (χ2n) is 42.6. The highest BCUT2D eigenvalue weighted by Gasteiger charge is 2.40. The Morgan fingerprint density at radius 1 is 0.276 bits per heavy atom. The first-order valence-corrected chi connectivity index (χ1v) is 48.0. The highest BCUT2D eigenvalue weighted by molar-refractivity contribution is 6.31. The number of hydrogen-bond donors (Lipinski definition) is 2. The minimum absolute atomic E-state index is 0.000602. The van der Waals surface area contributed by atoms with E-state index in [0.717, 1.165) is 50.1 Å². The van der Waals surface area contributed by atoms with Gasteiger partial charge in [-0.2, -0.15) is 0 Å². The van der Waals surface area contributed by atoms with Crippen molar-refractivity contribution in [2.24, 2.45) is 37.9 Å². The number of nitrogens with zero attached hydrogens (tertiary/aromatic N) is 7. The highest BCUT2D eigenvalue weighted by Crippen LogP contribution is 2.37. The maximum absolute atomic E-state index is 12.4. The molecular weight excluding hydrogens is 1730 g/mol. The second-order valence-corrected chi connectivity index (χ2v) is 43.4. The van der Waals surface area contributed by atoms with Crippen LogP contribution in [0.5, 0.6) is 0 Å². The molecule has 7 unspecified atom stereocenters. The molecule has 734 valence electrons. The summed E-state index contributed by atoms with van der Waals surface area (Å²) >= 11 is 12.2. The van der Waals surface area contributed by atoms with Crippen molar-refractivity contribution in [3.05, 3.63) is 247 Å². The van der Waals surface area contributed by atoms with E-state index in [4.69, 9.17) is 56.4 Å². The summed E-state index contributed by atoms with van der Waals surface area (Å²) in [6, 6.07) is 57.5. The molecule has 0 aliphatic carbocycles. The molecule has 0 saturated carbocycles. The lowest BCUT2D eigenvalue weighted by molar-refractivity contribution is -0.147. The maximum Gasteiger partial charge on any atom is 0.228 e. The zero-order chi connectivity index (χ0) is 98.8. The van der Waals surface area contributed by atoms with Crippen LogP contribution in [-0.2, 0) is 79.9 Å². The minimum Gasteiger partial charge on any atom is -0.392 e. The van der Waals surface area contributed by atoms with E-state index >= 15 is 0 Å². The summed E-state index contributed by atoms with van der Waals surface area (Å²) < 4.78 is 40.5. The number of halogens is 2. The lowest BCUT2D eigenvalue weighted by Crippen LogP contribution is -2.47. The fourth-order valence-corrected chi connectivity index (χ4v) is 16.6. The number of aryl methyl sites for hydroxylation is 2. The molecule has 25 heteroatoms. The first-order chi connectivity index (χ1) is 62.8. The molecule has 7 heterocycles. The van der Waals surface area contributed by atoms with Crippen LogP contribution in [0.25, 0.3) is 0 Å². The number of rotatable bonds is 9. The van der Waals surface area contributed by atoms with Crippen molar-refractivity contribution in [3.8, 4) is 0 Å². The average molecular weight is 1890 g/mol. The van der Waals surface area contributed by atoms with E-state index in [2.05, 4.69) is 74.5 Å². The zero-order valence-electron chi connectivity index (χ0n) is 84.0.